The fourth-order valence-corrected chi connectivity index (χ4v) is 3.56. The lowest BCUT2D eigenvalue weighted by Crippen LogP contribution is -2.22. The minimum atomic E-state index is -0.201. The fraction of sp³-hybridized carbons (Fsp3) is 0.533. The van der Waals surface area contributed by atoms with Crippen molar-refractivity contribution in [2.45, 2.75) is 66.6 Å². The van der Waals surface area contributed by atoms with Crippen LogP contribution in [-0.2, 0) is 41.8 Å². The lowest BCUT2D eigenvalue weighted by Gasteiger charge is -2.24. The zero-order valence-corrected chi connectivity index (χ0v) is 22.3. The van der Waals surface area contributed by atoms with Crippen LogP contribution >= 0.6 is 0 Å². The second-order valence-electron chi connectivity index (χ2n) is 10.7. The van der Waals surface area contributed by atoms with E-state index < -0.39 is 0 Å². The molecule has 0 unspecified atom stereocenters. The van der Waals surface area contributed by atoms with Crippen LogP contribution in [0.15, 0.2) is 60.7 Å². The summed E-state index contributed by atoms with van der Waals surface area (Å²) in [5.41, 5.74) is 1.57. The van der Waals surface area contributed by atoms with Gasteiger partial charge < -0.3 is 18.9 Å². The van der Waals surface area contributed by atoms with E-state index in [2.05, 4.69) is 0 Å². The van der Waals surface area contributed by atoms with Crippen LogP contribution in [0.4, 0.5) is 0 Å². The molecule has 0 atom stereocenters. The van der Waals surface area contributed by atoms with Crippen molar-refractivity contribution in [3.63, 3.8) is 0 Å². The molecule has 0 bridgehead atoms. The minimum absolute atomic E-state index is 0.196. The maximum Gasteiger partial charge on any atom is 0.306 e. The maximum absolute atomic E-state index is 12.2. The van der Waals surface area contributed by atoms with Crippen LogP contribution < -0.4 is 0 Å². The molecular formula is C30H42O6. The predicted octanol–water partition coefficient (Wildman–Crippen LogP) is 6.12. The Morgan fingerprint density at radius 1 is 0.583 bits per heavy atom. The highest BCUT2D eigenvalue weighted by Crippen LogP contribution is 2.27. The van der Waals surface area contributed by atoms with E-state index in [4.69, 9.17) is 18.9 Å². The first-order valence-corrected chi connectivity index (χ1v) is 12.7. The van der Waals surface area contributed by atoms with Crippen LogP contribution in [0.2, 0.25) is 0 Å². The van der Waals surface area contributed by atoms with Crippen molar-refractivity contribution in [2.75, 3.05) is 26.4 Å². The molecule has 36 heavy (non-hydrogen) atoms. The van der Waals surface area contributed by atoms with Gasteiger partial charge in [-0.1, -0.05) is 88.4 Å². The Morgan fingerprint density at radius 3 is 1.31 bits per heavy atom. The SMILES string of the molecule is CC(C)(CCOCCOCCC(C)(C)CC(=O)OCc1ccccc1)CC(=O)OCc1ccccc1. The molecule has 0 fully saturated rings. The second kappa shape index (κ2) is 15.4. The summed E-state index contributed by atoms with van der Waals surface area (Å²) < 4.78 is 22.2. The number of ether oxygens (including phenoxy) is 4. The minimum Gasteiger partial charge on any atom is -0.461 e. The van der Waals surface area contributed by atoms with Crippen molar-refractivity contribution in [1.29, 1.82) is 0 Å². The van der Waals surface area contributed by atoms with Gasteiger partial charge in [0, 0.05) is 13.2 Å². The van der Waals surface area contributed by atoms with Crippen LogP contribution in [0.1, 0.15) is 64.5 Å². The number of esters is 2. The van der Waals surface area contributed by atoms with Gasteiger partial charge in [0.1, 0.15) is 13.2 Å². The summed E-state index contributed by atoms with van der Waals surface area (Å²) in [5.74, 6) is -0.391. The van der Waals surface area contributed by atoms with Crippen molar-refractivity contribution in [1.82, 2.24) is 0 Å². The average Bonchev–Trinajstić information content (AvgIpc) is 2.84. The smallest absolute Gasteiger partial charge is 0.306 e. The molecule has 0 spiro atoms. The van der Waals surface area contributed by atoms with E-state index in [-0.39, 0.29) is 22.8 Å². The van der Waals surface area contributed by atoms with Gasteiger partial charge in [0.2, 0.25) is 0 Å². The predicted molar refractivity (Wildman–Crippen MR) is 140 cm³/mol. The number of hydrogen-bond acceptors (Lipinski definition) is 6. The molecule has 0 saturated carbocycles. The molecule has 0 aliphatic heterocycles. The van der Waals surface area contributed by atoms with Crippen molar-refractivity contribution in [2.24, 2.45) is 10.8 Å². The highest BCUT2D eigenvalue weighted by atomic mass is 16.5. The Bertz CT molecular complexity index is 817. The third-order valence-corrected chi connectivity index (χ3v) is 5.95. The molecule has 2 rings (SSSR count). The van der Waals surface area contributed by atoms with Crippen molar-refractivity contribution < 1.29 is 28.5 Å². The van der Waals surface area contributed by atoms with Gasteiger partial charge >= 0.3 is 11.9 Å². The van der Waals surface area contributed by atoms with E-state index in [1.807, 2.05) is 88.4 Å². The standard InChI is InChI=1S/C30H42O6/c1-29(2,21-27(31)35-23-25-11-7-5-8-12-25)15-17-33-19-20-34-18-16-30(3,4)22-28(32)36-24-26-13-9-6-10-14-26/h5-14H,15-24H2,1-4H3. The molecule has 0 aliphatic rings. The zero-order valence-electron chi connectivity index (χ0n) is 22.3. The Hall–Kier alpha value is -2.70. The molecular weight excluding hydrogens is 456 g/mol. The van der Waals surface area contributed by atoms with Gasteiger partial charge in [0.05, 0.1) is 26.1 Å². The molecule has 198 valence electrons. The van der Waals surface area contributed by atoms with E-state index in [1.54, 1.807) is 0 Å². The van der Waals surface area contributed by atoms with Crippen LogP contribution in [0.5, 0.6) is 0 Å². The zero-order chi connectivity index (χ0) is 26.3. The van der Waals surface area contributed by atoms with Gasteiger partial charge in [0.25, 0.3) is 0 Å². The van der Waals surface area contributed by atoms with Gasteiger partial charge in [-0.15, -0.1) is 0 Å². The summed E-state index contributed by atoms with van der Waals surface area (Å²) in [7, 11) is 0. The molecule has 0 aromatic heterocycles. The normalized spacial score (nSPS) is 11.8. The third-order valence-electron chi connectivity index (χ3n) is 5.95. The average molecular weight is 499 g/mol. The summed E-state index contributed by atoms with van der Waals surface area (Å²) >= 11 is 0. The first kappa shape index (κ1) is 29.5. The topological polar surface area (TPSA) is 71.1 Å². The summed E-state index contributed by atoms with van der Waals surface area (Å²) in [6.45, 7) is 10.9. The van der Waals surface area contributed by atoms with Gasteiger partial charge in [-0.05, 0) is 34.8 Å². The Labute approximate surface area is 216 Å². The van der Waals surface area contributed by atoms with Crippen LogP contribution in [-0.4, -0.2) is 38.4 Å². The Kier molecular flexibility index (Phi) is 12.6. The molecule has 2 aromatic carbocycles. The highest BCUT2D eigenvalue weighted by Gasteiger charge is 2.24. The highest BCUT2D eigenvalue weighted by molar-refractivity contribution is 5.70. The lowest BCUT2D eigenvalue weighted by molar-refractivity contribution is -0.148. The summed E-state index contributed by atoms with van der Waals surface area (Å²) in [4.78, 5) is 24.4. The summed E-state index contributed by atoms with van der Waals surface area (Å²) in [5, 5.41) is 0. The van der Waals surface area contributed by atoms with Crippen molar-refractivity contribution in [3.8, 4) is 0 Å². The number of benzene rings is 2. The van der Waals surface area contributed by atoms with Crippen molar-refractivity contribution in [3.05, 3.63) is 71.8 Å². The Morgan fingerprint density at radius 2 is 0.944 bits per heavy atom. The maximum atomic E-state index is 12.2. The molecule has 0 heterocycles. The number of carbonyl (C=O) groups is 2. The van der Waals surface area contributed by atoms with E-state index in [0.717, 1.165) is 24.0 Å². The molecule has 2 aromatic rings. The van der Waals surface area contributed by atoms with E-state index in [0.29, 0.717) is 52.5 Å². The Balaban J connectivity index is 1.49. The van der Waals surface area contributed by atoms with E-state index in [1.165, 1.54) is 0 Å². The molecule has 0 radical (unpaired) electrons. The van der Waals surface area contributed by atoms with E-state index in [9.17, 15) is 9.59 Å². The number of rotatable bonds is 17. The molecule has 6 nitrogen and oxygen atoms in total. The largest absolute Gasteiger partial charge is 0.461 e. The van der Waals surface area contributed by atoms with Crippen LogP contribution in [0.25, 0.3) is 0 Å². The van der Waals surface area contributed by atoms with Gasteiger partial charge in [-0.25, -0.2) is 0 Å². The second-order valence-corrected chi connectivity index (χ2v) is 10.7. The van der Waals surface area contributed by atoms with Gasteiger partial charge in [0.15, 0.2) is 0 Å². The first-order valence-electron chi connectivity index (χ1n) is 12.7. The monoisotopic (exact) mass is 498 g/mol. The van der Waals surface area contributed by atoms with Crippen LogP contribution in [0.3, 0.4) is 0 Å². The molecule has 0 aliphatic carbocycles. The molecule has 0 saturated heterocycles. The fourth-order valence-electron chi connectivity index (χ4n) is 3.56. The number of hydrogen-bond donors (Lipinski definition) is 0. The van der Waals surface area contributed by atoms with Gasteiger partial charge in [-0.3, -0.25) is 9.59 Å². The summed E-state index contributed by atoms with van der Waals surface area (Å²) in [6.07, 6.45) is 2.21. The van der Waals surface area contributed by atoms with Gasteiger partial charge in [-0.2, -0.15) is 0 Å². The number of carbonyl (C=O) groups excluding carboxylic acids is 2. The first-order chi connectivity index (χ1) is 17.2. The van der Waals surface area contributed by atoms with Crippen LogP contribution in [0, 0.1) is 10.8 Å². The molecule has 0 N–H and O–H groups in total. The third kappa shape index (κ3) is 13.4. The molecule has 6 heteroatoms. The quantitative estimate of drug-likeness (QED) is 0.193. The lowest BCUT2D eigenvalue weighted by atomic mass is 9.86. The van der Waals surface area contributed by atoms with Crippen molar-refractivity contribution >= 4 is 11.9 Å². The summed E-state index contributed by atoms with van der Waals surface area (Å²) in [6, 6.07) is 19.4. The van der Waals surface area contributed by atoms with E-state index >= 15 is 0 Å². The molecule has 0 amide bonds.